The van der Waals surface area contributed by atoms with Gasteiger partial charge in [0.15, 0.2) is 0 Å². The van der Waals surface area contributed by atoms with E-state index < -0.39 is 15.7 Å². The topological polar surface area (TPSA) is 81.4 Å². The summed E-state index contributed by atoms with van der Waals surface area (Å²) in [5.74, 6) is -0.274. The van der Waals surface area contributed by atoms with Gasteiger partial charge < -0.3 is 14.5 Å². The molecule has 0 atom stereocenters. The Labute approximate surface area is 189 Å². The Morgan fingerprint density at radius 1 is 0.909 bits per heavy atom. The lowest BCUT2D eigenvalue weighted by Gasteiger charge is -2.06. The molecule has 0 amide bonds. The molecule has 0 saturated heterocycles. The average Bonchev–Trinajstić information content (AvgIpc) is 3.25. The van der Waals surface area contributed by atoms with Crippen molar-refractivity contribution >= 4 is 15.7 Å². The van der Waals surface area contributed by atoms with Crippen molar-refractivity contribution in [2.75, 3.05) is 11.9 Å². The van der Waals surface area contributed by atoms with Crippen LogP contribution in [0, 0.1) is 11.6 Å². The highest BCUT2D eigenvalue weighted by Gasteiger charge is 2.28. The normalized spacial score (nSPS) is 11.4. The molecule has 1 heterocycles. The Morgan fingerprint density at radius 3 is 2.12 bits per heavy atom. The van der Waals surface area contributed by atoms with Crippen LogP contribution in [0.2, 0.25) is 0 Å². The minimum absolute atomic E-state index is 0.0764. The summed E-state index contributed by atoms with van der Waals surface area (Å²) in [6.45, 7) is 2.55. The van der Waals surface area contributed by atoms with E-state index in [0.29, 0.717) is 23.5 Å². The van der Waals surface area contributed by atoms with Crippen LogP contribution >= 0.6 is 0 Å². The van der Waals surface area contributed by atoms with Crippen molar-refractivity contribution in [2.45, 2.75) is 23.4 Å². The zero-order chi connectivity index (χ0) is 23.4. The van der Waals surface area contributed by atoms with Gasteiger partial charge in [0.2, 0.25) is 26.6 Å². The molecule has 0 aliphatic rings. The number of oxazole rings is 1. The van der Waals surface area contributed by atoms with Gasteiger partial charge in [0.05, 0.1) is 11.5 Å². The molecule has 1 N–H and O–H groups in total. The molecule has 0 spiro atoms. The van der Waals surface area contributed by atoms with Crippen molar-refractivity contribution in [3.05, 3.63) is 90.0 Å². The number of anilines is 1. The molecule has 33 heavy (non-hydrogen) atoms. The van der Waals surface area contributed by atoms with Crippen molar-refractivity contribution in [3.8, 4) is 17.2 Å². The van der Waals surface area contributed by atoms with Crippen molar-refractivity contribution in [1.82, 2.24) is 4.98 Å². The molecule has 0 aliphatic heterocycles. The molecule has 0 bridgehead atoms. The second-order valence-electron chi connectivity index (χ2n) is 7.05. The smallest absolute Gasteiger partial charge is 0.234 e. The zero-order valence-corrected chi connectivity index (χ0v) is 18.4. The highest BCUT2D eigenvalue weighted by molar-refractivity contribution is 7.91. The van der Waals surface area contributed by atoms with E-state index in [0.717, 1.165) is 12.1 Å². The van der Waals surface area contributed by atoms with Gasteiger partial charge in [-0.3, -0.25) is 0 Å². The van der Waals surface area contributed by atoms with Crippen LogP contribution in [0.5, 0.6) is 5.75 Å². The Balaban J connectivity index is 1.72. The molecule has 170 valence electrons. The first kappa shape index (κ1) is 22.5. The number of sulfone groups is 1. The van der Waals surface area contributed by atoms with E-state index in [1.807, 2.05) is 6.92 Å². The van der Waals surface area contributed by atoms with E-state index in [4.69, 9.17) is 9.15 Å². The molecular weight excluding hydrogens is 450 g/mol. The number of benzene rings is 3. The molecule has 9 heteroatoms. The first-order chi connectivity index (χ1) is 15.9. The third-order valence-electron chi connectivity index (χ3n) is 4.75. The Kier molecular flexibility index (Phi) is 6.41. The number of rotatable bonds is 8. The molecule has 1 aromatic heterocycles. The van der Waals surface area contributed by atoms with Crippen LogP contribution in [0.15, 0.2) is 87.1 Å². The maximum absolute atomic E-state index is 13.3. The third kappa shape index (κ3) is 5.04. The van der Waals surface area contributed by atoms with E-state index in [1.54, 1.807) is 36.4 Å². The van der Waals surface area contributed by atoms with Crippen LogP contribution in [-0.4, -0.2) is 20.0 Å². The number of nitrogens with zero attached hydrogens (tertiary/aromatic N) is 1. The van der Waals surface area contributed by atoms with Crippen molar-refractivity contribution in [3.63, 3.8) is 0 Å². The number of ether oxygens (including phenoxy) is 1. The molecule has 0 radical (unpaired) electrons. The molecule has 3 aromatic carbocycles. The molecule has 4 rings (SSSR count). The van der Waals surface area contributed by atoms with E-state index in [2.05, 4.69) is 10.3 Å². The maximum atomic E-state index is 13.3. The predicted molar refractivity (Wildman–Crippen MR) is 119 cm³/mol. The van der Waals surface area contributed by atoms with Crippen LogP contribution in [0.4, 0.5) is 14.7 Å². The minimum Gasteiger partial charge on any atom is -0.494 e. The summed E-state index contributed by atoms with van der Waals surface area (Å²) in [6.07, 6.45) is 0. The van der Waals surface area contributed by atoms with Crippen molar-refractivity contribution < 1.29 is 26.4 Å². The van der Waals surface area contributed by atoms with E-state index in [9.17, 15) is 17.2 Å². The predicted octanol–water partition coefficient (Wildman–Crippen LogP) is 5.46. The Bertz CT molecular complexity index is 1330. The number of hydrogen-bond donors (Lipinski definition) is 1. The van der Waals surface area contributed by atoms with Gasteiger partial charge in [-0.05, 0) is 73.2 Å². The van der Waals surface area contributed by atoms with Gasteiger partial charge in [0, 0.05) is 12.1 Å². The van der Waals surface area contributed by atoms with Crippen molar-refractivity contribution in [2.24, 2.45) is 0 Å². The summed E-state index contributed by atoms with van der Waals surface area (Å²) in [5.41, 5.74) is 1.25. The summed E-state index contributed by atoms with van der Waals surface area (Å²) in [6, 6.07) is 17.1. The quantitative estimate of drug-likeness (QED) is 0.344. The largest absolute Gasteiger partial charge is 0.494 e. The Morgan fingerprint density at radius 2 is 1.52 bits per heavy atom. The first-order valence-corrected chi connectivity index (χ1v) is 11.6. The first-order valence-electron chi connectivity index (χ1n) is 10.1. The van der Waals surface area contributed by atoms with Crippen molar-refractivity contribution in [1.29, 1.82) is 0 Å². The highest BCUT2D eigenvalue weighted by atomic mass is 32.2. The van der Waals surface area contributed by atoms with E-state index in [1.165, 1.54) is 24.3 Å². The fourth-order valence-electron chi connectivity index (χ4n) is 3.09. The summed E-state index contributed by atoms with van der Waals surface area (Å²) in [7, 11) is -4.12. The van der Waals surface area contributed by atoms with Crippen LogP contribution in [0.1, 0.15) is 12.5 Å². The molecular formula is C24H20F2N2O4S. The molecule has 4 aromatic rings. The van der Waals surface area contributed by atoms with E-state index >= 15 is 0 Å². The molecule has 0 fully saturated rings. The number of hydrogen-bond acceptors (Lipinski definition) is 6. The van der Waals surface area contributed by atoms with Crippen LogP contribution in [0.25, 0.3) is 11.5 Å². The minimum atomic E-state index is -4.12. The van der Waals surface area contributed by atoms with Gasteiger partial charge in [-0.15, -0.1) is 0 Å². The number of halogens is 2. The summed E-state index contributed by atoms with van der Waals surface area (Å²) in [4.78, 5) is 4.12. The van der Waals surface area contributed by atoms with E-state index in [-0.39, 0.29) is 34.1 Å². The maximum Gasteiger partial charge on any atom is 0.234 e. The highest BCUT2D eigenvalue weighted by Crippen LogP contribution is 2.33. The fourth-order valence-corrected chi connectivity index (χ4v) is 4.37. The van der Waals surface area contributed by atoms with Crippen LogP contribution < -0.4 is 10.1 Å². The van der Waals surface area contributed by atoms with Gasteiger partial charge in [-0.2, -0.15) is 4.98 Å². The zero-order valence-electron chi connectivity index (χ0n) is 17.6. The number of aromatic nitrogens is 1. The van der Waals surface area contributed by atoms with Gasteiger partial charge >= 0.3 is 0 Å². The summed E-state index contributed by atoms with van der Waals surface area (Å²) >= 11 is 0. The summed E-state index contributed by atoms with van der Waals surface area (Å²) in [5, 5.41) is 2.60. The second kappa shape index (κ2) is 9.41. The lowest BCUT2D eigenvalue weighted by Crippen LogP contribution is -2.07. The van der Waals surface area contributed by atoms with Gasteiger partial charge in [0.25, 0.3) is 0 Å². The van der Waals surface area contributed by atoms with Gasteiger partial charge in [-0.1, -0.05) is 12.1 Å². The molecule has 6 nitrogen and oxygen atoms in total. The summed E-state index contributed by atoms with van der Waals surface area (Å²) < 4.78 is 64.2. The van der Waals surface area contributed by atoms with Gasteiger partial charge in [-0.25, -0.2) is 17.2 Å². The lowest BCUT2D eigenvalue weighted by molar-refractivity contribution is 0.340. The molecule has 0 saturated carbocycles. The number of nitrogens with one attached hydrogen (secondary N) is 1. The molecule has 0 unspecified atom stereocenters. The standard InChI is InChI=1S/C24H20F2N2O4S/c1-2-31-20-11-5-17(6-12-20)22-28-24(33(29,30)21-13-9-19(26)10-14-21)23(32-22)27-15-16-3-7-18(25)8-4-16/h3-14,27H,2,15H2,1H3. The van der Waals surface area contributed by atoms with Crippen LogP contribution in [0.3, 0.4) is 0 Å². The molecule has 0 aliphatic carbocycles. The average molecular weight is 470 g/mol. The third-order valence-corrected chi connectivity index (χ3v) is 6.43. The Hall–Kier alpha value is -3.72. The monoisotopic (exact) mass is 470 g/mol. The lowest BCUT2D eigenvalue weighted by atomic mass is 10.2. The fraction of sp³-hybridized carbons (Fsp3) is 0.125. The SMILES string of the molecule is CCOc1ccc(-c2nc(S(=O)(=O)c3ccc(F)cc3)c(NCc3ccc(F)cc3)o2)cc1. The van der Waals surface area contributed by atoms with Gasteiger partial charge in [0.1, 0.15) is 17.4 Å². The second-order valence-corrected chi connectivity index (χ2v) is 8.91. The van der Waals surface area contributed by atoms with Crippen LogP contribution in [-0.2, 0) is 16.4 Å².